The van der Waals surface area contributed by atoms with Crippen LogP contribution in [0.25, 0.3) is 11.0 Å². The van der Waals surface area contributed by atoms with E-state index in [0.717, 1.165) is 33.4 Å². The second kappa shape index (κ2) is 8.78. The molecule has 1 aromatic carbocycles. The maximum atomic E-state index is 13.0. The third kappa shape index (κ3) is 4.05. The lowest BCUT2D eigenvalue weighted by Gasteiger charge is -2.17. The predicted octanol–water partition coefficient (Wildman–Crippen LogP) is 2.86. The van der Waals surface area contributed by atoms with Crippen LogP contribution in [0.3, 0.4) is 0 Å². The van der Waals surface area contributed by atoms with E-state index in [1.807, 2.05) is 58.2 Å². The number of carbonyl (C=O) groups is 1. The number of H-pyrrole nitrogens is 1. The van der Waals surface area contributed by atoms with Crippen LogP contribution in [0.15, 0.2) is 30.3 Å². The van der Waals surface area contributed by atoms with Gasteiger partial charge in [-0.25, -0.2) is 14.6 Å². The summed E-state index contributed by atoms with van der Waals surface area (Å²) in [5.74, 6) is 1.70. The van der Waals surface area contributed by atoms with Gasteiger partial charge < -0.3 is 10.1 Å². The third-order valence-corrected chi connectivity index (χ3v) is 5.63. The van der Waals surface area contributed by atoms with E-state index >= 15 is 0 Å². The zero-order valence-corrected chi connectivity index (χ0v) is 18.9. The van der Waals surface area contributed by atoms with Gasteiger partial charge in [-0.3, -0.25) is 9.89 Å². The van der Waals surface area contributed by atoms with Crippen molar-refractivity contribution in [2.24, 2.45) is 7.05 Å². The van der Waals surface area contributed by atoms with Crippen molar-refractivity contribution in [2.75, 3.05) is 7.11 Å². The lowest BCUT2D eigenvalue weighted by Crippen LogP contribution is -2.30. The molecule has 0 spiro atoms. The molecule has 166 valence electrons. The number of nitrogens with zero attached hydrogens (tertiary/aromatic N) is 5. The normalized spacial score (nSPS) is 12.2. The lowest BCUT2D eigenvalue weighted by atomic mass is 9.99. The van der Waals surface area contributed by atoms with Crippen LogP contribution in [0, 0.1) is 20.8 Å². The zero-order valence-electron chi connectivity index (χ0n) is 18.9. The van der Waals surface area contributed by atoms with Gasteiger partial charge in [-0.15, -0.1) is 5.10 Å². The van der Waals surface area contributed by atoms with E-state index in [4.69, 9.17) is 9.72 Å². The molecule has 9 heteroatoms. The highest BCUT2D eigenvalue weighted by molar-refractivity contribution is 5.86. The fraction of sp³-hybridized carbons (Fsp3) is 0.348. The Hall–Kier alpha value is -3.75. The number of aromatic amines is 1. The fourth-order valence-corrected chi connectivity index (χ4v) is 4.01. The summed E-state index contributed by atoms with van der Waals surface area (Å²) >= 11 is 0. The molecule has 0 bridgehead atoms. The lowest BCUT2D eigenvalue weighted by molar-refractivity contribution is -0.121. The standard InChI is InChI=1S/C23H27N7O2/c1-13-17(14(2)24-22-19(13)23(32-5)29-30(22)4)11-12-18(31)26-20(16-9-7-6-8-10-16)21-25-15(3)27-28-21/h6-10,20H,11-12H2,1-5H3,(H,26,31)(H,25,27,28). The van der Waals surface area contributed by atoms with E-state index in [1.165, 1.54) is 0 Å². The number of rotatable bonds is 7. The largest absolute Gasteiger partial charge is 0.479 e. The van der Waals surface area contributed by atoms with Crippen LogP contribution in [0.2, 0.25) is 0 Å². The van der Waals surface area contributed by atoms with Gasteiger partial charge >= 0.3 is 0 Å². The first-order valence-electron chi connectivity index (χ1n) is 10.5. The van der Waals surface area contributed by atoms with E-state index in [-0.39, 0.29) is 5.91 Å². The molecule has 32 heavy (non-hydrogen) atoms. The molecule has 2 N–H and O–H groups in total. The molecule has 3 aromatic heterocycles. The summed E-state index contributed by atoms with van der Waals surface area (Å²) < 4.78 is 7.15. The number of hydrogen-bond acceptors (Lipinski definition) is 6. The van der Waals surface area contributed by atoms with E-state index in [1.54, 1.807) is 11.8 Å². The first kappa shape index (κ1) is 21.5. The summed E-state index contributed by atoms with van der Waals surface area (Å²) in [5.41, 5.74) is 4.65. The molecule has 9 nitrogen and oxygen atoms in total. The number of nitrogens with one attached hydrogen (secondary N) is 2. The van der Waals surface area contributed by atoms with Crippen LogP contribution in [0.5, 0.6) is 5.88 Å². The highest BCUT2D eigenvalue weighted by Gasteiger charge is 2.22. The minimum Gasteiger partial charge on any atom is -0.479 e. The SMILES string of the molecule is COc1nn(C)c2nc(C)c(CCC(=O)NC(c3ccccc3)c3n[nH]c(C)n3)c(C)c12. The fourth-order valence-electron chi connectivity index (χ4n) is 4.01. The molecule has 0 aliphatic rings. The van der Waals surface area contributed by atoms with Crippen molar-refractivity contribution in [2.45, 2.75) is 39.7 Å². The van der Waals surface area contributed by atoms with Gasteiger partial charge in [-0.1, -0.05) is 30.3 Å². The quantitative estimate of drug-likeness (QED) is 0.464. The van der Waals surface area contributed by atoms with E-state index in [0.29, 0.717) is 30.4 Å². The molecule has 4 rings (SSSR count). The molecule has 0 fully saturated rings. The van der Waals surface area contributed by atoms with Crippen LogP contribution >= 0.6 is 0 Å². The number of hydrogen-bond donors (Lipinski definition) is 2. The molecule has 1 amide bonds. The molecular formula is C23H27N7O2. The summed E-state index contributed by atoms with van der Waals surface area (Å²) in [5, 5.41) is 15.5. The highest BCUT2D eigenvalue weighted by Crippen LogP contribution is 2.30. The van der Waals surface area contributed by atoms with Gasteiger partial charge in [0.2, 0.25) is 11.8 Å². The molecule has 3 heterocycles. The average Bonchev–Trinajstić information content (AvgIpc) is 3.35. The average molecular weight is 434 g/mol. The van der Waals surface area contributed by atoms with Gasteiger partial charge in [0, 0.05) is 19.2 Å². The molecule has 0 saturated carbocycles. The summed E-state index contributed by atoms with van der Waals surface area (Å²) in [6, 6.07) is 9.29. The summed E-state index contributed by atoms with van der Waals surface area (Å²) in [6.45, 7) is 5.82. The molecule has 0 aliphatic heterocycles. The van der Waals surface area contributed by atoms with Crippen LogP contribution in [-0.2, 0) is 18.3 Å². The van der Waals surface area contributed by atoms with Gasteiger partial charge in [0.05, 0.1) is 12.5 Å². The molecule has 0 saturated heterocycles. The number of fused-ring (bicyclic) bond motifs is 1. The Morgan fingerprint density at radius 3 is 2.59 bits per heavy atom. The van der Waals surface area contributed by atoms with Crippen molar-refractivity contribution < 1.29 is 9.53 Å². The number of aromatic nitrogens is 6. The van der Waals surface area contributed by atoms with Crippen molar-refractivity contribution in [3.63, 3.8) is 0 Å². The molecule has 0 aliphatic carbocycles. The number of ether oxygens (including phenoxy) is 1. The van der Waals surface area contributed by atoms with Crippen molar-refractivity contribution in [3.8, 4) is 5.88 Å². The molecule has 1 unspecified atom stereocenters. The second-order valence-corrected chi connectivity index (χ2v) is 7.82. The molecule has 0 radical (unpaired) electrons. The van der Waals surface area contributed by atoms with Crippen molar-refractivity contribution >= 4 is 16.9 Å². The van der Waals surface area contributed by atoms with Crippen LogP contribution in [0.1, 0.15) is 46.5 Å². The minimum absolute atomic E-state index is 0.0849. The smallest absolute Gasteiger partial charge is 0.242 e. The Kier molecular flexibility index (Phi) is 5.89. The number of amides is 1. The first-order valence-corrected chi connectivity index (χ1v) is 10.5. The molecule has 4 aromatic rings. The Morgan fingerprint density at radius 2 is 1.94 bits per heavy atom. The topological polar surface area (TPSA) is 111 Å². The van der Waals surface area contributed by atoms with E-state index in [9.17, 15) is 4.79 Å². The molecular weight excluding hydrogens is 406 g/mol. The Bertz CT molecular complexity index is 1260. The predicted molar refractivity (Wildman–Crippen MR) is 120 cm³/mol. The van der Waals surface area contributed by atoms with Crippen LogP contribution in [0.4, 0.5) is 0 Å². The molecule has 1 atom stereocenters. The third-order valence-electron chi connectivity index (χ3n) is 5.63. The number of carbonyl (C=O) groups excluding carboxylic acids is 1. The van der Waals surface area contributed by atoms with Crippen molar-refractivity contribution in [1.29, 1.82) is 0 Å². The van der Waals surface area contributed by atoms with Gasteiger partial charge in [-0.05, 0) is 43.9 Å². The minimum atomic E-state index is -0.421. The van der Waals surface area contributed by atoms with Crippen LogP contribution < -0.4 is 10.1 Å². The summed E-state index contributed by atoms with van der Waals surface area (Å²) in [6.07, 6.45) is 0.864. The number of benzene rings is 1. The number of pyridine rings is 1. The van der Waals surface area contributed by atoms with Crippen molar-refractivity contribution in [3.05, 3.63) is 64.4 Å². The maximum absolute atomic E-state index is 13.0. The number of aryl methyl sites for hydroxylation is 4. The monoisotopic (exact) mass is 433 g/mol. The summed E-state index contributed by atoms with van der Waals surface area (Å²) in [4.78, 5) is 22.1. The maximum Gasteiger partial charge on any atom is 0.242 e. The highest BCUT2D eigenvalue weighted by atomic mass is 16.5. The van der Waals surface area contributed by atoms with Gasteiger partial charge in [0.1, 0.15) is 11.9 Å². The van der Waals surface area contributed by atoms with Gasteiger partial charge in [0.25, 0.3) is 0 Å². The van der Waals surface area contributed by atoms with Crippen molar-refractivity contribution in [1.82, 2.24) is 35.3 Å². The Balaban J connectivity index is 1.56. The van der Waals surface area contributed by atoms with Crippen LogP contribution in [-0.4, -0.2) is 43.0 Å². The van der Waals surface area contributed by atoms with E-state index in [2.05, 4.69) is 25.6 Å². The van der Waals surface area contributed by atoms with E-state index < -0.39 is 6.04 Å². The Labute approximate surface area is 186 Å². The van der Waals surface area contributed by atoms with Gasteiger partial charge in [-0.2, -0.15) is 5.10 Å². The first-order chi connectivity index (χ1) is 15.4. The number of methoxy groups -OCH3 is 1. The zero-order chi connectivity index (χ0) is 22.8. The van der Waals surface area contributed by atoms with Gasteiger partial charge in [0.15, 0.2) is 11.5 Å². The second-order valence-electron chi connectivity index (χ2n) is 7.82. The summed E-state index contributed by atoms with van der Waals surface area (Å²) in [7, 11) is 3.45. The Morgan fingerprint density at radius 1 is 1.19 bits per heavy atom.